The van der Waals surface area contributed by atoms with Crippen LogP contribution in [-0.2, 0) is 11.3 Å². The van der Waals surface area contributed by atoms with Crippen LogP contribution >= 0.6 is 11.3 Å². The van der Waals surface area contributed by atoms with Crippen LogP contribution in [0.4, 0.5) is 0 Å². The molecule has 2 amide bonds. The summed E-state index contributed by atoms with van der Waals surface area (Å²) in [6.07, 6.45) is 0. The van der Waals surface area contributed by atoms with E-state index in [0.717, 1.165) is 16.2 Å². The van der Waals surface area contributed by atoms with E-state index in [1.54, 1.807) is 7.11 Å². The number of piperazine rings is 1. The van der Waals surface area contributed by atoms with Gasteiger partial charge in [0.15, 0.2) is 0 Å². The molecule has 0 N–H and O–H groups in total. The number of hydrogen-bond acceptors (Lipinski definition) is 5. The lowest BCUT2D eigenvalue weighted by molar-refractivity contribution is -0.133. The standard InChI is InChI=1S/C20H25N3O3S/c1-21(14-16-5-3-6-17(13-16)26-2)15-19(24)22-8-10-23(11-9-22)20(25)18-7-4-12-27-18/h3-7,12-13H,8-11,14-15H2,1-2H3. The molecule has 3 rings (SSSR count). The van der Waals surface area contributed by atoms with E-state index in [9.17, 15) is 9.59 Å². The van der Waals surface area contributed by atoms with Crippen LogP contribution in [0.2, 0.25) is 0 Å². The maximum Gasteiger partial charge on any atom is 0.264 e. The third kappa shape index (κ3) is 5.08. The molecule has 144 valence electrons. The van der Waals surface area contributed by atoms with Crippen LogP contribution in [0.5, 0.6) is 5.75 Å². The van der Waals surface area contributed by atoms with Crippen molar-refractivity contribution in [2.75, 3.05) is 46.9 Å². The zero-order chi connectivity index (χ0) is 19.2. The fourth-order valence-corrected chi connectivity index (χ4v) is 3.88. The number of benzene rings is 1. The second kappa shape index (κ2) is 9.01. The molecule has 6 nitrogen and oxygen atoms in total. The number of methoxy groups -OCH3 is 1. The number of hydrogen-bond donors (Lipinski definition) is 0. The van der Waals surface area contributed by atoms with Gasteiger partial charge >= 0.3 is 0 Å². The molecule has 1 fully saturated rings. The van der Waals surface area contributed by atoms with Gasteiger partial charge in [-0.1, -0.05) is 18.2 Å². The maximum atomic E-state index is 12.6. The Morgan fingerprint density at radius 3 is 2.52 bits per heavy atom. The highest BCUT2D eigenvalue weighted by atomic mass is 32.1. The first-order valence-corrected chi connectivity index (χ1v) is 9.87. The first-order valence-electron chi connectivity index (χ1n) is 8.99. The molecule has 2 aromatic rings. The van der Waals surface area contributed by atoms with Crippen LogP contribution in [0.15, 0.2) is 41.8 Å². The van der Waals surface area contributed by atoms with Crippen LogP contribution < -0.4 is 4.74 Å². The number of thiophene rings is 1. The van der Waals surface area contributed by atoms with Gasteiger partial charge in [-0.15, -0.1) is 11.3 Å². The number of likely N-dealkylation sites (N-methyl/N-ethyl adjacent to an activating group) is 1. The second-order valence-corrected chi connectivity index (χ2v) is 7.62. The quantitative estimate of drug-likeness (QED) is 0.762. The predicted octanol–water partition coefficient (Wildman–Crippen LogP) is 2.17. The van der Waals surface area contributed by atoms with Crippen LogP contribution in [-0.4, -0.2) is 73.4 Å². The van der Waals surface area contributed by atoms with Gasteiger partial charge in [0.25, 0.3) is 5.91 Å². The molecule has 1 aromatic heterocycles. The first kappa shape index (κ1) is 19.4. The Morgan fingerprint density at radius 2 is 1.85 bits per heavy atom. The van der Waals surface area contributed by atoms with Crippen LogP contribution in [0.25, 0.3) is 0 Å². The molecule has 0 atom stereocenters. The van der Waals surface area contributed by atoms with Gasteiger partial charge < -0.3 is 14.5 Å². The minimum absolute atomic E-state index is 0.0623. The van der Waals surface area contributed by atoms with Gasteiger partial charge in [-0.05, 0) is 36.2 Å². The fraction of sp³-hybridized carbons (Fsp3) is 0.400. The Bertz CT molecular complexity index is 771. The van der Waals surface area contributed by atoms with Gasteiger partial charge in [0.2, 0.25) is 5.91 Å². The molecule has 0 radical (unpaired) electrons. The predicted molar refractivity (Wildman–Crippen MR) is 106 cm³/mol. The number of carbonyl (C=O) groups is 2. The van der Waals surface area contributed by atoms with E-state index in [0.29, 0.717) is 39.3 Å². The summed E-state index contributed by atoms with van der Waals surface area (Å²) in [5.74, 6) is 0.981. The lowest BCUT2D eigenvalue weighted by atomic mass is 10.2. The average Bonchev–Trinajstić information content (AvgIpc) is 3.22. The Hall–Kier alpha value is -2.38. The molecule has 0 aliphatic carbocycles. The Kier molecular flexibility index (Phi) is 6.47. The maximum absolute atomic E-state index is 12.6. The van der Waals surface area contributed by atoms with Gasteiger partial charge in [-0.2, -0.15) is 0 Å². The van der Waals surface area contributed by atoms with E-state index in [1.807, 2.05) is 63.5 Å². The summed E-state index contributed by atoms with van der Waals surface area (Å²) < 4.78 is 5.24. The normalized spacial score (nSPS) is 14.5. The van der Waals surface area contributed by atoms with E-state index >= 15 is 0 Å². The second-order valence-electron chi connectivity index (χ2n) is 6.67. The van der Waals surface area contributed by atoms with E-state index in [2.05, 4.69) is 0 Å². The number of ether oxygens (including phenoxy) is 1. The summed E-state index contributed by atoms with van der Waals surface area (Å²) in [4.78, 5) is 31.4. The van der Waals surface area contributed by atoms with Crippen molar-refractivity contribution in [3.63, 3.8) is 0 Å². The molecule has 0 bridgehead atoms. The largest absolute Gasteiger partial charge is 0.497 e. The number of amides is 2. The van der Waals surface area contributed by atoms with Crippen molar-refractivity contribution in [2.45, 2.75) is 6.54 Å². The number of nitrogens with zero attached hydrogens (tertiary/aromatic N) is 3. The average molecular weight is 388 g/mol. The molecule has 0 spiro atoms. The van der Waals surface area contributed by atoms with Crippen molar-refractivity contribution in [3.05, 3.63) is 52.2 Å². The third-order valence-electron chi connectivity index (χ3n) is 4.64. The Morgan fingerprint density at radius 1 is 1.11 bits per heavy atom. The molecule has 1 aliphatic rings. The highest BCUT2D eigenvalue weighted by molar-refractivity contribution is 7.12. The van der Waals surface area contributed by atoms with Gasteiger partial charge in [-0.3, -0.25) is 14.5 Å². The summed E-state index contributed by atoms with van der Waals surface area (Å²) in [5, 5.41) is 1.91. The minimum atomic E-state index is 0.0623. The molecule has 1 aliphatic heterocycles. The van der Waals surface area contributed by atoms with Gasteiger partial charge in [0.1, 0.15) is 5.75 Å². The molecule has 7 heteroatoms. The van der Waals surface area contributed by atoms with E-state index in [1.165, 1.54) is 11.3 Å². The molecule has 2 heterocycles. The lowest BCUT2D eigenvalue weighted by Crippen LogP contribution is -2.52. The monoisotopic (exact) mass is 387 g/mol. The van der Waals surface area contributed by atoms with Crippen molar-refractivity contribution < 1.29 is 14.3 Å². The zero-order valence-corrected chi connectivity index (χ0v) is 16.6. The van der Waals surface area contributed by atoms with E-state index in [-0.39, 0.29) is 11.8 Å². The molecule has 0 saturated carbocycles. The molecule has 1 aromatic carbocycles. The highest BCUT2D eigenvalue weighted by Crippen LogP contribution is 2.15. The molecular weight excluding hydrogens is 362 g/mol. The molecule has 1 saturated heterocycles. The number of carbonyl (C=O) groups excluding carboxylic acids is 2. The Balaban J connectivity index is 1.47. The zero-order valence-electron chi connectivity index (χ0n) is 15.8. The third-order valence-corrected chi connectivity index (χ3v) is 5.50. The summed E-state index contributed by atoms with van der Waals surface area (Å²) in [6.45, 7) is 3.38. The van der Waals surface area contributed by atoms with Crippen molar-refractivity contribution >= 4 is 23.2 Å². The summed E-state index contributed by atoms with van der Waals surface area (Å²) in [7, 11) is 3.59. The summed E-state index contributed by atoms with van der Waals surface area (Å²) in [5.41, 5.74) is 1.11. The van der Waals surface area contributed by atoms with Crippen molar-refractivity contribution in [1.82, 2.24) is 14.7 Å². The van der Waals surface area contributed by atoms with Gasteiger partial charge in [0, 0.05) is 32.7 Å². The van der Waals surface area contributed by atoms with Crippen molar-refractivity contribution in [3.8, 4) is 5.75 Å². The lowest BCUT2D eigenvalue weighted by Gasteiger charge is -2.35. The molecule has 27 heavy (non-hydrogen) atoms. The van der Waals surface area contributed by atoms with Crippen molar-refractivity contribution in [1.29, 1.82) is 0 Å². The van der Waals surface area contributed by atoms with Crippen molar-refractivity contribution in [2.24, 2.45) is 0 Å². The van der Waals surface area contributed by atoms with Crippen LogP contribution in [0.1, 0.15) is 15.2 Å². The van der Waals surface area contributed by atoms with Crippen LogP contribution in [0, 0.1) is 0 Å². The van der Waals surface area contributed by atoms with Gasteiger partial charge in [-0.25, -0.2) is 0 Å². The van der Waals surface area contributed by atoms with E-state index < -0.39 is 0 Å². The fourth-order valence-electron chi connectivity index (χ4n) is 3.18. The summed E-state index contributed by atoms with van der Waals surface area (Å²) in [6, 6.07) is 11.6. The SMILES string of the molecule is COc1cccc(CN(C)CC(=O)N2CCN(C(=O)c3cccs3)CC2)c1. The number of rotatable bonds is 6. The highest BCUT2D eigenvalue weighted by Gasteiger charge is 2.25. The summed E-state index contributed by atoms with van der Waals surface area (Å²) >= 11 is 1.46. The molecular formula is C20H25N3O3S. The van der Waals surface area contributed by atoms with E-state index in [4.69, 9.17) is 4.74 Å². The molecule has 0 unspecified atom stereocenters. The smallest absolute Gasteiger partial charge is 0.264 e. The first-order chi connectivity index (χ1) is 13.1. The van der Waals surface area contributed by atoms with Gasteiger partial charge in [0.05, 0.1) is 18.5 Å². The Labute approximate surface area is 163 Å². The van der Waals surface area contributed by atoms with Crippen LogP contribution in [0.3, 0.4) is 0 Å². The minimum Gasteiger partial charge on any atom is -0.497 e. The topological polar surface area (TPSA) is 53.1 Å².